The van der Waals surface area contributed by atoms with Crippen molar-refractivity contribution in [1.82, 2.24) is 10.2 Å². The molecule has 7 nitrogen and oxygen atoms in total. The van der Waals surface area contributed by atoms with Gasteiger partial charge in [0.1, 0.15) is 0 Å². The molecule has 0 heterocycles. The Kier molecular flexibility index (Phi) is 8.55. The second-order valence-corrected chi connectivity index (χ2v) is 3.56. The van der Waals surface area contributed by atoms with E-state index in [4.69, 9.17) is 0 Å². The maximum absolute atomic E-state index is 11.5. The van der Waals surface area contributed by atoms with Crippen molar-refractivity contribution in [2.45, 2.75) is 20.3 Å². The second-order valence-electron chi connectivity index (χ2n) is 3.56. The third kappa shape index (κ3) is 7.61. The van der Waals surface area contributed by atoms with Crippen molar-refractivity contribution in [3.05, 3.63) is 0 Å². The predicted molar refractivity (Wildman–Crippen MR) is 63.9 cm³/mol. The van der Waals surface area contributed by atoms with E-state index >= 15 is 0 Å². The highest BCUT2D eigenvalue weighted by molar-refractivity contribution is 5.93. The standard InChI is InChI=1S/C11H20N2O5/c1-4-6-13(8-10(15)17-3)7-9(14)12-11(16)18-5-2/h4-8H2,1-3H3,(H,12,14,16). The summed E-state index contributed by atoms with van der Waals surface area (Å²) in [5.74, 6) is -0.932. The normalized spacial score (nSPS) is 10.0. The van der Waals surface area contributed by atoms with Crippen LogP contribution in [-0.4, -0.2) is 56.2 Å². The number of rotatable bonds is 7. The number of carbonyl (C=O) groups excluding carboxylic acids is 3. The molecule has 18 heavy (non-hydrogen) atoms. The molecule has 0 aliphatic heterocycles. The zero-order valence-electron chi connectivity index (χ0n) is 11.0. The first kappa shape index (κ1) is 16.4. The van der Waals surface area contributed by atoms with E-state index in [1.165, 1.54) is 7.11 Å². The number of methoxy groups -OCH3 is 1. The molecule has 104 valence electrons. The van der Waals surface area contributed by atoms with Crippen molar-refractivity contribution in [2.24, 2.45) is 0 Å². The van der Waals surface area contributed by atoms with E-state index < -0.39 is 18.0 Å². The number of amides is 2. The van der Waals surface area contributed by atoms with Crippen molar-refractivity contribution in [3.8, 4) is 0 Å². The summed E-state index contributed by atoms with van der Waals surface area (Å²) in [5, 5.41) is 2.07. The monoisotopic (exact) mass is 260 g/mol. The molecule has 0 fully saturated rings. The highest BCUT2D eigenvalue weighted by Gasteiger charge is 2.16. The Morgan fingerprint density at radius 2 is 1.83 bits per heavy atom. The molecular weight excluding hydrogens is 240 g/mol. The van der Waals surface area contributed by atoms with Gasteiger partial charge < -0.3 is 9.47 Å². The van der Waals surface area contributed by atoms with E-state index in [1.807, 2.05) is 6.92 Å². The van der Waals surface area contributed by atoms with Gasteiger partial charge in [-0.25, -0.2) is 4.79 Å². The summed E-state index contributed by atoms with van der Waals surface area (Å²) in [4.78, 5) is 35.2. The minimum Gasteiger partial charge on any atom is -0.468 e. The van der Waals surface area contributed by atoms with E-state index in [0.717, 1.165) is 6.42 Å². The third-order valence-corrected chi connectivity index (χ3v) is 2.00. The molecule has 0 aliphatic carbocycles. The number of carbonyl (C=O) groups is 3. The van der Waals surface area contributed by atoms with Gasteiger partial charge in [0.25, 0.3) is 0 Å². The molecule has 0 rings (SSSR count). The molecule has 1 N–H and O–H groups in total. The number of hydrogen-bond donors (Lipinski definition) is 1. The topological polar surface area (TPSA) is 84.9 Å². The zero-order valence-corrected chi connectivity index (χ0v) is 11.0. The Balaban J connectivity index is 4.18. The van der Waals surface area contributed by atoms with Gasteiger partial charge in [-0.2, -0.15) is 0 Å². The van der Waals surface area contributed by atoms with E-state index in [1.54, 1.807) is 11.8 Å². The van der Waals surface area contributed by atoms with E-state index in [2.05, 4.69) is 14.8 Å². The van der Waals surface area contributed by atoms with Crippen LogP contribution >= 0.6 is 0 Å². The molecule has 0 saturated heterocycles. The van der Waals surface area contributed by atoms with E-state index in [-0.39, 0.29) is 19.7 Å². The fraction of sp³-hybridized carbons (Fsp3) is 0.727. The molecule has 0 aromatic carbocycles. The number of nitrogens with zero attached hydrogens (tertiary/aromatic N) is 1. The molecule has 0 aromatic rings. The second kappa shape index (κ2) is 9.41. The maximum Gasteiger partial charge on any atom is 0.413 e. The average molecular weight is 260 g/mol. The van der Waals surface area contributed by atoms with Crippen LogP contribution in [0.5, 0.6) is 0 Å². The fourth-order valence-electron chi connectivity index (χ4n) is 1.30. The molecule has 2 amide bonds. The number of esters is 1. The predicted octanol–water partition coefficient (Wildman–Crippen LogP) is 0.144. The first-order valence-corrected chi connectivity index (χ1v) is 5.79. The number of imide groups is 1. The summed E-state index contributed by atoms with van der Waals surface area (Å²) in [7, 11) is 1.28. The van der Waals surface area contributed by atoms with Gasteiger partial charge >= 0.3 is 12.1 Å². The van der Waals surface area contributed by atoms with Crippen LogP contribution in [-0.2, 0) is 19.1 Å². The van der Waals surface area contributed by atoms with Crippen LogP contribution < -0.4 is 5.32 Å². The SMILES string of the molecule is CCCN(CC(=O)NC(=O)OCC)CC(=O)OC. The van der Waals surface area contributed by atoms with Crippen molar-refractivity contribution < 1.29 is 23.9 Å². The lowest BCUT2D eigenvalue weighted by Crippen LogP contribution is -2.42. The highest BCUT2D eigenvalue weighted by atomic mass is 16.5. The summed E-state index contributed by atoms with van der Waals surface area (Å²) in [6.07, 6.45) is 0.000889. The van der Waals surface area contributed by atoms with Gasteiger partial charge in [0, 0.05) is 0 Å². The van der Waals surface area contributed by atoms with Crippen LogP contribution in [0.4, 0.5) is 4.79 Å². The Morgan fingerprint density at radius 1 is 1.17 bits per heavy atom. The quantitative estimate of drug-likeness (QED) is 0.656. The Hall–Kier alpha value is -1.63. The highest BCUT2D eigenvalue weighted by Crippen LogP contribution is 1.93. The molecule has 0 aliphatic rings. The molecule has 7 heteroatoms. The molecule has 0 atom stereocenters. The Labute approximate surface area is 106 Å². The van der Waals surface area contributed by atoms with Gasteiger partial charge in [0.05, 0.1) is 26.8 Å². The van der Waals surface area contributed by atoms with Crippen molar-refractivity contribution in [2.75, 3.05) is 33.4 Å². The lowest BCUT2D eigenvalue weighted by Gasteiger charge is -2.19. The summed E-state index contributed by atoms with van der Waals surface area (Å²) in [6.45, 7) is 4.28. The minimum absolute atomic E-state index is 0.0145. The van der Waals surface area contributed by atoms with Gasteiger partial charge in [0.2, 0.25) is 5.91 Å². The van der Waals surface area contributed by atoms with Crippen LogP contribution in [0, 0.1) is 0 Å². The first-order valence-electron chi connectivity index (χ1n) is 5.79. The van der Waals surface area contributed by atoms with Gasteiger partial charge in [-0.15, -0.1) is 0 Å². The van der Waals surface area contributed by atoms with Crippen molar-refractivity contribution in [3.63, 3.8) is 0 Å². The number of alkyl carbamates (subject to hydrolysis) is 1. The van der Waals surface area contributed by atoms with Crippen LogP contribution in [0.25, 0.3) is 0 Å². The van der Waals surface area contributed by atoms with Crippen LogP contribution in [0.15, 0.2) is 0 Å². The fourth-order valence-corrected chi connectivity index (χ4v) is 1.30. The smallest absolute Gasteiger partial charge is 0.413 e. The van der Waals surface area contributed by atoms with Gasteiger partial charge in [-0.3, -0.25) is 19.8 Å². The van der Waals surface area contributed by atoms with E-state index in [0.29, 0.717) is 6.54 Å². The van der Waals surface area contributed by atoms with Crippen molar-refractivity contribution in [1.29, 1.82) is 0 Å². The molecule has 0 unspecified atom stereocenters. The lowest BCUT2D eigenvalue weighted by molar-refractivity contribution is -0.142. The summed E-state index contributed by atoms with van der Waals surface area (Å²) in [6, 6.07) is 0. The largest absolute Gasteiger partial charge is 0.468 e. The summed E-state index contributed by atoms with van der Waals surface area (Å²) < 4.78 is 9.10. The number of ether oxygens (including phenoxy) is 2. The maximum atomic E-state index is 11.5. The van der Waals surface area contributed by atoms with Crippen LogP contribution in [0.3, 0.4) is 0 Å². The molecule has 0 aromatic heterocycles. The number of hydrogen-bond acceptors (Lipinski definition) is 6. The zero-order chi connectivity index (χ0) is 14.0. The molecular formula is C11H20N2O5. The summed E-state index contributed by atoms with van der Waals surface area (Å²) in [5.41, 5.74) is 0. The molecule has 0 radical (unpaired) electrons. The van der Waals surface area contributed by atoms with E-state index in [9.17, 15) is 14.4 Å². The van der Waals surface area contributed by atoms with Gasteiger partial charge in [-0.05, 0) is 19.9 Å². The Bertz CT molecular complexity index is 293. The van der Waals surface area contributed by atoms with Crippen LogP contribution in [0.1, 0.15) is 20.3 Å². The summed E-state index contributed by atoms with van der Waals surface area (Å²) >= 11 is 0. The molecule has 0 bridgehead atoms. The first-order chi connectivity index (χ1) is 8.53. The molecule has 0 saturated carbocycles. The molecule has 0 spiro atoms. The lowest BCUT2D eigenvalue weighted by atomic mass is 10.4. The Morgan fingerprint density at radius 3 is 2.33 bits per heavy atom. The van der Waals surface area contributed by atoms with Crippen molar-refractivity contribution >= 4 is 18.0 Å². The number of nitrogens with one attached hydrogen (secondary N) is 1. The minimum atomic E-state index is -0.781. The van der Waals surface area contributed by atoms with Crippen LogP contribution in [0.2, 0.25) is 0 Å². The average Bonchev–Trinajstić information content (AvgIpc) is 2.28. The third-order valence-electron chi connectivity index (χ3n) is 2.00. The van der Waals surface area contributed by atoms with Gasteiger partial charge in [-0.1, -0.05) is 6.92 Å². The van der Waals surface area contributed by atoms with Gasteiger partial charge in [0.15, 0.2) is 0 Å².